The molecule has 0 spiro atoms. The Labute approximate surface area is 172 Å². The highest BCUT2D eigenvalue weighted by Crippen LogP contribution is 2.24. The summed E-state index contributed by atoms with van der Waals surface area (Å²) in [7, 11) is 0. The lowest BCUT2D eigenvalue weighted by molar-refractivity contribution is 0.0729. The Morgan fingerprint density at radius 2 is 1.45 bits per heavy atom. The van der Waals surface area contributed by atoms with Crippen molar-refractivity contribution in [1.82, 2.24) is 0 Å². The van der Waals surface area contributed by atoms with E-state index >= 15 is 0 Å². The number of benzene rings is 3. The Hall–Kier alpha value is -3.27. The van der Waals surface area contributed by atoms with Gasteiger partial charge in [-0.05, 0) is 54.3 Å². The normalized spacial score (nSPS) is 11.5. The Morgan fingerprint density at radius 3 is 2.17 bits per heavy atom. The average molecular weight is 390 g/mol. The Morgan fingerprint density at radius 1 is 0.793 bits per heavy atom. The highest BCUT2D eigenvalue weighted by Gasteiger charge is 2.15. The van der Waals surface area contributed by atoms with Gasteiger partial charge in [0.05, 0.1) is 0 Å². The van der Waals surface area contributed by atoms with Gasteiger partial charge in [0.25, 0.3) is 0 Å². The number of hydrogen-bond acceptors (Lipinski definition) is 4. The van der Waals surface area contributed by atoms with Crippen LogP contribution in [0.2, 0.25) is 0 Å². The predicted molar refractivity (Wildman–Crippen MR) is 114 cm³/mol. The van der Waals surface area contributed by atoms with Gasteiger partial charge in [-0.15, -0.1) is 0 Å². The summed E-state index contributed by atoms with van der Waals surface area (Å²) in [6.07, 6.45) is 1.07. The standard InChI is InChI=1S/C25H26O4/c1-3-19(2)20-13-15-22(16-14-20)29-25(26)23-11-7-8-12-24(23)28-18-17-27-21-9-5-4-6-10-21/h4-16,19H,3,17-18H2,1-2H3. The van der Waals surface area contributed by atoms with Gasteiger partial charge in [-0.3, -0.25) is 0 Å². The monoisotopic (exact) mass is 390 g/mol. The van der Waals surface area contributed by atoms with Crippen molar-refractivity contribution in [3.05, 3.63) is 90.0 Å². The highest BCUT2D eigenvalue weighted by atomic mass is 16.5. The van der Waals surface area contributed by atoms with Crippen LogP contribution < -0.4 is 14.2 Å². The van der Waals surface area contributed by atoms with Gasteiger partial charge in [-0.1, -0.05) is 56.3 Å². The zero-order valence-corrected chi connectivity index (χ0v) is 16.8. The number of carbonyl (C=O) groups is 1. The van der Waals surface area contributed by atoms with E-state index in [-0.39, 0.29) is 0 Å². The summed E-state index contributed by atoms with van der Waals surface area (Å²) in [5, 5.41) is 0. The molecule has 1 unspecified atom stereocenters. The van der Waals surface area contributed by atoms with E-state index < -0.39 is 5.97 Å². The summed E-state index contributed by atoms with van der Waals surface area (Å²) in [4.78, 5) is 12.6. The first-order valence-electron chi connectivity index (χ1n) is 9.89. The maximum Gasteiger partial charge on any atom is 0.347 e. The van der Waals surface area contributed by atoms with Crippen LogP contribution in [0.4, 0.5) is 0 Å². The fourth-order valence-corrected chi connectivity index (χ4v) is 2.85. The van der Waals surface area contributed by atoms with Crippen molar-refractivity contribution in [3.63, 3.8) is 0 Å². The molecule has 150 valence electrons. The number of carbonyl (C=O) groups excluding carboxylic acids is 1. The summed E-state index contributed by atoms with van der Waals surface area (Å²) in [5.41, 5.74) is 1.62. The molecule has 4 nitrogen and oxygen atoms in total. The van der Waals surface area contributed by atoms with Crippen LogP contribution in [-0.2, 0) is 0 Å². The van der Waals surface area contributed by atoms with Crippen LogP contribution in [0.1, 0.15) is 42.1 Å². The van der Waals surface area contributed by atoms with Gasteiger partial charge in [0.15, 0.2) is 0 Å². The fourth-order valence-electron chi connectivity index (χ4n) is 2.85. The van der Waals surface area contributed by atoms with E-state index in [0.29, 0.717) is 36.2 Å². The molecule has 3 aromatic carbocycles. The first-order valence-corrected chi connectivity index (χ1v) is 9.89. The number of para-hydroxylation sites is 2. The molecule has 0 heterocycles. The minimum Gasteiger partial charge on any atom is -0.490 e. The summed E-state index contributed by atoms with van der Waals surface area (Å²) in [6, 6.07) is 24.3. The van der Waals surface area contributed by atoms with Crippen LogP contribution in [0.15, 0.2) is 78.9 Å². The quantitative estimate of drug-likeness (QED) is 0.260. The van der Waals surface area contributed by atoms with Crippen molar-refractivity contribution >= 4 is 5.97 Å². The van der Waals surface area contributed by atoms with E-state index in [4.69, 9.17) is 14.2 Å². The number of hydrogen-bond donors (Lipinski definition) is 0. The van der Waals surface area contributed by atoms with Crippen LogP contribution in [0.3, 0.4) is 0 Å². The second kappa shape index (κ2) is 10.3. The molecule has 0 bridgehead atoms. The molecule has 0 aliphatic rings. The molecule has 0 N–H and O–H groups in total. The summed E-state index contributed by atoms with van der Waals surface area (Å²) >= 11 is 0. The molecule has 0 aliphatic heterocycles. The number of ether oxygens (including phenoxy) is 3. The van der Waals surface area contributed by atoms with Crippen LogP contribution >= 0.6 is 0 Å². The minimum atomic E-state index is -0.444. The molecular weight excluding hydrogens is 364 g/mol. The van der Waals surface area contributed by atoms with Crippen LogP contribution in [0, 0.1) is 0 Å². The molecule has 4 heteroatoms. The van der Waals surface area contributed by atoms with Gasteiger partial charge in [0.1, 0.15) is 36.0 Å². The second-order valence-electron chi connectivity index (χ2n) is 6.77. The lowest BCUT2D eigenvalue weighted by Crippen LogP contribution is -2.14. The molecule has 0 radical (unpaired) electrons. The molecule has 0 saturated heterocycles. The topological polar surface area (TPSA) is 44.8 Å². The molecule has 0 amide bonds. The second-order valence-corrected chi connectivity index (χ2v) is 6.77. The lowest BCUT2D eigenvalue weighted by Gasteiger charge is -2.13. The van der Waals surface area contributed by atoms with Crippen LogP contribution in [0.25, 0.3) is 0 Å². The van der Waals surface area contributed by atoms with Crippen molar-refractivity contribution in [2.45, 2.75) is 26.2 Å². The largest absolute Gasteiger partial charge is 0.490 e. The number of esters is 1. The summed E-state index contributed by atoms with van der Waals surface area (Å²) in [6.45, 7) is 5.03. The van der Waals surface area contributed by atoms with Gasteiger partial charge in [-0.25, -0.2) is 4.79 Å². The minimum absolute atomic E-state index is 0.322. The highest BCUT2D eigenvalue weighted by molar-refractivity contribution is 5.94. The first-order chi connectivity index (χ1) is 14.2. The van der Waals surface area contributed by atoms with E-state index in [1.165, 1.54) is 5.56 Å². The Balaban J connectivity index is 1.58. The van der Waals surface area contributed by atoms with E-state index in [1.54, 1.807) is 18.2 Å². The SMILES string of the molecule is CCC(C)c1ccc(OC(=O)c2ccccc2OCCOc2ccccc2)cc1. The third-order valence-corrected chi connectivity index (χ3v) is 4.73. The predicted octanol–water partition coefficient (Wildman–Crippen LogP) is 5.88. The van der Waals surface area contributed by atoms with Crippen molar-refractivity contribution in [2.75, 3.05) is 13.2 Å². The van der Waals surface area contributed by atoms with Gasteiger partial charge in [0.2, 0.25) is 0 Å². The molecule has 3 rings (SSSR count). The molecule has 0 aromatic heterocycles. The smallest absolute Gasteiger partial charge is 0.347 e. The summed E-state index contributed by atoms with van der Waals surface area (Å²) in [5.74, 6) is 1.81. The molecule has 0 fully saturated rings. The third-order valence-electron chi connectivity index (χ3n) is 4.73. The van der Waals surface area contributed by atoms with Crippen molar-refractivity contribution in [2.24, 2.45) is 0 Å². The van der Waals surface area contributed by atoms with Gasteiger partial charge in [0, 0.05) is 0 Å². The fraction of sp³-hybridized carbons (Fsp3) is 0.240. The van der Waals surface area contributed by atoms with Crippen LogP contribution in [-0.4, -0.2) is 19.2 Å². The number of rotatable bonds is 9. The molecule has 29 heavy (non-hydrogen) atoms. The van der Waals surface area contributed by atoms with Crippen molar-refractivity contribution in [1.29, 1.82) is 0 Å². The summed E-state index contributed by atoms with van der Waals surface area (Å²) < 4.78 is 16.9. The van der Waals surface area contributed by atoms with Gasteiger partial charge >= 0.3 is 5.97 Å². The third kappa shape index (κ3) is 5.85. The van der Waals surface area contributed by atoms with Crippen molar-refractivity contribution < 1.29 is 19.0 Å². The maximum atomic E-state index is 12.6. The van der Waals surface area contributed by atoms with Gasteiger partial charge < -0.3 is 14.2 Å². The Kier molecular flexibility index (Phi) is 7.28. The average Bonchev–Trinajstić information content (AvgIpc) is 2.77. The van der Waals surface area contributed by atoms with Crippen molar-refractivity contribution in [3.8, 4) is 17.2 Å². The molecule has 0 saturated carbocycles. The Bertz CT molecular complexity index is 904. The van der Waals surface area contributed by atoms with Crippen LogP contribution in [0.5, 0.6) is 17.2 Å². The zero-order chi connectivity index (χ0) is 20.5. The molecular formula is C25H26O4. The van der Waals surface area contributed by atoms with E-state index in [2.05, 4.69) is 13.8 Å². The molecule has 3 aromatic rings. The van der Waals surface area contributed by atoms with E-state index in [0.717, 1.165) is 12.2 Å². The van der Waals surface area contributed by atoms with E-state index in [9.17, 15) is 4.79 Å². The lowest BCUT2D eigenvalue weighted by atomic mass is 9.99. The molecule has 1 atom stereocenters. The first kappa shape index (κ1) is 20.5. The molecule has 0 aliphatic carbocycles. The van der Waals surface area contributed by atoms with Gasteiger partial charge in [-0.2, -0.15) is 0 Å². The maximum absolute atomic E-state index is 12.6. The zero-order valence-electron chi connectivity index (χ0n) is 16.8. The van der Waals surface area contributed by atoms with E-state index in [1.807, 2.05) is 60.7 Å².